The molecule has 4 aromatic heterocycles. The summed E-state index contributed by atoms with van der Waals surface area (Å²) in [6.07, 6.45) is 3.68. The molecule has 29 heavy (non-hydrogen) atoms. The second-order valence-electron chi connectivity index (χ2n) is 6.80. The van der Waals surface area contributed by atoms with Crippen LogP contribution >= 0.6 is 11.3 Å². The van der Waals surface area contributed by atoms with Crippen molar-refractivity contribution in [2.24, 2.45) is 0 Å². The summed E-state index contributed by atoms with van der Waals surface area (Å²) in [5.41, 5.74) is 3.31. The Hall–Kier alpha value is -3.29. The molecule has 0 amide bonds. The van der Waals surface area contributed by atoms with Crippen LogP contribution in [0.4, 0.5) is 0 Å². The number of hydrogen-bond acceptors (Lipinski definition) is 5. The van der Waals surface area contributed by atoms with E-state index in [0.717, 1.165) is 27.0 Å². The molecule has 1 aromatic carbocycles. The van der Waals surface area contributed by atoms with Gasteiger partial charge in [-0.05, 0) is 30.7 Å². The number of ether oxygens (including phenoxy) is 1. The van der Waals surface area contributed by atoms with Gasteiger partial charge in [0.25, 0.3) is 5.56 Å². The van der Waals surface area contributed by atoms with Crippen LogP contribution in [0.2, 0.25) is 0 Å². The van der Waals surface area contributed by atoms with Gasteiger partial charge in [0.1, 0.15) is 9.53 Å². The van der Waals surface area contributed by atoms with Crippen molar-refractivity contribution in [2.75, 3.05) is 7.11 Å². The Morgan fingerprint density at radius 1 is 1.07 bits per heavy atom. The number of methoxy groups -OCH3 is 1. The van der Waals surface area contributed by atoms with Gasteiger partial charge in [0.15, 0.2) is 5.82 Å². The van der Waals surface area contributed by atoms with Crippen molar-refractivity contribution in [3.05, 3.63) is 82.5 Å². The fourth-order valence-corrected chi connectivity index (χ4v) is 4.74. The Morgan fingerprint density at radius 2 is 1.83 bits per heavy atom. The summed E-state index contributed by atoms with van der Waals surface area (Å²) < 4.78 is 9.35. The molecule has 0 saturated carbocycles. The quantitative estimate of drug-likeness (QED) is 0.451. The molecule has 0 aliphatic carbocycles. The van der Waals surface area contributed by atoms with Crippen LogP contribution in [0.3, 0.4) is 0 Å². The van der Waals surface area contributed by atoms with E-state index < -0.39 is 0 Å². The summed E-state index contributed by atoms with van der Waals surface area (Å²) in [6.45, 7) is 2.39. The number of thiophene rings is 1. The molecule has 0 aliphatic heterocycles. The van der Waals surface area contributed by atoms with E-state index >= 15 is 0 Å². The summed E-state index contributed by atoms with van der Waals surface area (Å²) in [7, 11) is 1.66. The minimum Gasteiger partial charge on any atom is -0.380 e. The van der Waals surface area contributed by atoms with E-state index in [4.69, 9.17) is 9.72 Å². The van der Waals surface area contributed by atoms with Gasteiger partial charge in [0.2, 0.25) is 0 Å². The summed E-state index contributed by atoms with van der Waals surface area (Å²) in [5.74, 6) is 0.586. The van der Waals surface area contributed by atoms with E-state index in [-0.39, 0.29) is 5.56 Å². The van der Waals surface area contributed by atoms with Gasteiger partial charge >= 0.3 is 0 Å². The Labute approximate surface area is 170 Å². The highest BCUT2D eigenvalue weighted by Gasteiger charge is 2.20. The molecular formula is C22H18N4O2S. The van der Waals surface area contributed by atoms with E-state index in [1.165, 1.54) is 11.3 Å². The maximum absolute atomic E-state index is 13.6. The monoisotopic (exact) mass is 402 g/mol. The molecule has 0 aliphatic rings. The van der Waals surface area contributed by atoms with Crippen LogP contribution in [0.25, 0.3) is 31.8 Å². The fraction of sp³-hybridized carbons (Fsp3) is 0.136. The molecule has 0 radical (unpaired) electrons. The molecule has 0 fully saturated rings. The Balaban J connectivity index is 1.95. The molecular weight excluding hydrogens is 384 g/mol. The highest BCUT2D eigenvalue weighted by atomic mass is 32.1. The average Bonchev–Trinajstić information content (AvgIpc) is 3.37. The molecule has 0 N–H and O–H groups in total. The van der Waals surface area contributed by atoms with Gasteiger partial charge in [-0.25, -0.2) is 9.97 Å². The first-order valence-electron chi connectivity index (χ1n) is 9.21. The number of pyridine rings is 1. The lowest BCUT2D eigenvalue weighted by molar-refractivity contribution is 0.186. The minimum absolute atomic E-state index is 0.117. The van der Waals surface area contributed by atoms with Crippen LogP contribution in [0.5, 0.6) is 0 Å². The molecule has 0 saturated heterocycles. The number of aromatic nitrogens is 4. The van der Waals surface area contributed by atoms with Crippen molar-refractivity contribution in [1.82, 2.24) is 19.3 Å². The first-order valence-corrected chi connectivity index (χ1v) is 10.0. The van der Waals surface area contributed by atoms with E-state index in [0.29, 0.717) is 22.6 Å². The molecule has 0 atom stereocenters. The van der Waals surface area contributed by atoms with Crippen molar-refractivity contribution in [2.45, 2.75) is 13.5 Å². The van der Waals surface area contributed by atoms with Crippen LogP contribution in [0.15, 0.2) is 65.7 Å². The van der Waals surface area contributed by atoms with Crippen molar-refractivity contribution < 1.29 is 4.74 Å². The van der Waals surface area contributed by atoms with Crippen LogP contribution in [-0.4, -0.2) is 26.4 Å². The maximum Gasteiger partial charge on any atom is 0.291 e. The second kappa shape index (κ2) is 6.95. The third kappa shape index (κ3) is 2.86. The first kappa shape index (κ1) is 17.8. The van der Waals surface area contributed by atoms with E-state index in [2.05, 4.69) is 4.98 Å². The predicted octanol–water partition coefficient (Wildman–Crippen LogP) is 4.24. The average molecular weight is 402 g/mol. The normalized spacial score (nSPS) is 11.5. The Bertz CT molecular complexity index is 1390. The third-order valence-electron chi connectivity index (χ3n) is 4.80. The number of rotatable bonds is 4. The van der Waals surface area contributed by atoms with Crippen molar-refractivity contribution in [3.8, 4) is 11.4 Å². The van der Waals surface area contributed by atoms with E-state index in [1.54, 1.807) is 16.5 Å². The van der Waals surface area contributed by atoms with Crippen LogP contribution in [0, 0.1) is 6.92 Å². The molecule has 5 aromatic rings. The molecule has 5 rings (SSSR count). The number of benzene rings is 1. The van der Waals surface area contributed by atoms with Gasteiger partial charge in [0, 0.05) is 36.1 Å². The van der Waals surface area contributed by atoms with Crippen molar-refractivity contribution in [1.29, 1.82) is 0 Å². The molecule has 0 spiro atoms. The lowest BCUT2D eigenvalue weighted by Crippen LogP contribution is -2.27. The Kier molecular flexibility index (Phi) is 4.26. The molecule has 4 heterocycles. The third-order valence-corrected chi connectivity index (χ3v) is 5.86. The largest absolute Gasteiger partial charge is 0.380 e. The lowest BCUT2D eigenvalue weighted by atomic mass is 10.1. The number of hydrogen-bond donors (Lipinski definition) is 0. The zero-order valence-corrected chi connectivity index (χ0v) is 16.8. The fourth-order valence-electron chi connectivity index (χ4n) is 3.61. The number of fused-ring (bicyclic) bond motifs is 3. The highest BCUT2D eigenvalue weighted by molar-refractivity contribution is 7.25. The van der Waals surface area contributed by atoms with Crippen LogP contribution < -0.4 is 5.56 Å². The molecule has 0 bridgehead atoms. The minimum atomic E-state index is -0.117. The van der Waals surface area contributed by atoms with Gasteiger partial charge in [-0.15, -0.1) is 11.3 Å². The molecule has 7 heteroatoms. The predicted molar refractivity (Wildman–Crippen MR) is 115 cm³/mol. The number of nitrogens with zero attached hydrogens (tertiary/aromatic N) is 4. The van der Waals surface area contributed by atoms with E-state index in [1.807, 2.05) is 67.8 Å². The topological polar surface area (TPSA) is 61.9 Å². The Morgan fingerprint density at radius 3 is 2.55 bits per heavy atom. The van der Waals surface area contributed by atoms with Gasteiger partial charge in [-0.3, -0.25) is 9.47 Å². The van der Waals surface area contributed by atoms with Gasteiger partial charge < -0.3 is 4.74 Å². The smallest absolute Gasteiger partial charge is 0.291 e. The molecule has 0 unspecified atom stereocenters. The van der Waals surface area contributed by atoms with Crippen LogP contribution in [-0.2, 0) is 11.3 Å². The van der Waals surface area contributed by atoms with Gasteiger partial charge in [-0.2, -0.15) is 4.68 Å². The zero-order valence-electron chi connectivity index (χ0n) is 16.0. The molecule has 6 nitrogen and oxygen atoms in total. The van der Waals surface area contributed by atoms with Crippen molar-refractivity contribution in [3.63, 3.8) is 0 Å². The summed E-state index contributed by atoms with van der Waals surface area (Å²) in [4.78, 5) is 24.0. The zero-order chi connectivity index (χ0) is 20.0. The van der Waals surface area contributed by atoms with Gasteiger partial charge in [0.05, 0.1) is 12.1 Å². The SMILES string of the molecule is COCc1cc(C)nc2sc3c(=O)n(-n4cccc4)c(-c4ccccc4)nc3c12. The summed E-state index contributed by atoms with van der Waals surface area (Å²) in [5, 5.41) is 0.895. The van der Waals surface area contributed by atoms with E-state index in [9.17, 15) is 4.79 Å². The van der Waals surface area contributed by atoms with Gasteiger partial charge in [-0.1, -0.05) is 30.3 Å². The second-order valence-corrected chi connectivity index (χ2v) is 7.80. The highest BCUT2D eigenvalue weighted by Crippen LogP contribution is 2.34. The van der Waals surface area contributed by atoms with Crippen molar-refractivity contribution >= 4 is 31.8 Å². The van der Waals surface area contributed by atoms with Crippen LogP contribution in [0.1, 0.15) is 11.3 Å². The standard InChI is InChI=1S/C22H18N4O2S/c1-14-12-16(13-28-2)17-18-19(29-21(17)23-14)22(27)26(25-10-6-7-11-25)20(24-18)15-8-4-3-5-9-15/h3-12H,13H2,1-2H3. The summed E-state index contributed by atoms with van der Waals surface area (Å²) >= 11 is 1.38. The maximum atomic E-state index is 13.6. The summed E-state index contributed by atoms with van der Waals surface area (Å²) in [6, 6.07) is 15.5. The lowest BCUT2D eigenvalue weighted by Gasteiger charge is -2.13. The molecule has 144 valence electrons. The first-order chi connectivity index (χ1) is 14.2. The number of aryl methyl sites for hydroxylation is 1.